The Morgan fingerprint density at radius 1 is 1.14 bits per heavy atom. The van der Waals surface area contributed by atoms with Gasteiger partial charge in [-0.3, -0.25) is 4.99 Å². The van der Waals surface area contributed by atoms with E-state index >= 15 is 0 Å². The Bertz CT molecular complexity index is 682. The highest BCUT2D eigenvalue weighted by molar-refractivity contribution is 6.33. The van der Waals surface area contributed by atoms with Gasteiger partial charge in [0, 0.05) is 24.9 Å². The molecule has 114 valence electrons. The monoisotopic (exact) mass is 316 g/mol. The Balaban J connectivity index is 1.78. The van der Waals surface area contributed by atoms with Crippen LogP contribution in [0, 0.1) is 0 Å². The molecule has 0 spiro atoms. The lowest BCUT2D eigenvalue weighted by molar-refractivity contribution is 0.122. The zero-order valence-electron chi connectivity index (χ0n) is 12.1. The van der Waals surface area contributed by atoms with Crippen molar-refractivity contribution in [2.75, 3.05) is 31.2 Å². The van der Waals surface area contributed by atoms with Gasteiger partial charge in [0.2, 0.25) is 0 Å². The van der Waals surface area contributed by atoms with Crippen LogP contribution in [0.3, 0.4) is 0 Å². The summed E-state index contributed by atoms with van der Waals surface area (Å²) < 4.78 is 5.35. The molecule has 0 unspecified atom stereocenters. The van der Waals surface area contributed by atoms with Crippen molar-refractivity contribution in [1.29, 1.82) is 0 Å². The summed E-state index contributed by atoms with van der Waals surface area (Å²) in [5.74, 6) is 0.210. The van der Waals surface area contributed by atoms with E-state index in [1.807, 2.05) is 30.3 Å². The van der Waals surface area contributed by atoms with Gasteiger partial charge in [-0.05, 0) is 30.3 Å². The van der Waals surface area contributed by atoms with E-state index in [9.17, 15) is 5.11 Å². The summed E-state index contributed by atoms with van der Waals surface area (Å²) in [5, 5.41) is 10.4. The highest BCUT2D eigenvalue weighted by atomic mass is 35.5. The van der Waals surface area contributed by atoms with Crippen LogP contribution in [0.2, 0.25) is 5.02 Å². The van der Waals surface area contributed by atoms with E-state index in [0.717, 1.165) is 37.7 Å². The molecule has 1 fully saturated rings. The number of nitrogens with zero attached hydrogens (tertiary/aromatic N) is 2. The Morgan fingerprint density at radius 2 is 1.91 bits per heavy atom. The maximum absolute atomic E-state index is 9.72. The Hall–Kier alpha value is -2.04. The van der Waals surface area contributed by atoms with Crippen molar-refractivity contribution in [2.24, 2.45) is 4.99 Å². The molecular formula is C17H17ClN2O2. The summed E-state index contributed by atoms with van der Waals surface area (Å²) in [6.07, 6.45) is 1.63. The molecule has 0 aromatic heterocycles. The summed E-state index contributed by atoms with van der Waals surface area (Å²) in [7, 11) is 0. The molecule has 1 aliphatic heterocycles. The highest BCUT2D eigenvalue weighted by Gasteiger charge is 2.14. The molecular weight excluding hydrogens is 300 g/mol. The second-order valence-electron chi connectivity index (χ2n) is 5.05. The smallest absolute Gasteiger partial charge is 0.124 e. The average Bonchev–Trinajstić information content (AvgIpc) is 2.55. The van der Waals surface area contributed by atoms with Crippen molar-refractivity contribution >= 4 is 29.2 Å². The van der Waals surface area contributed by atoms with Crippen LogP contribution in [0.25, 0.3) is 0 Å². The molecule has 0 aliphatic carbocycles. The zero-order valence-corrected chi connectivity index (χ0v) is 12.8. The largest absolute Gasteiger partial charge is 0.507 e. The summed E-state index contributed by atoms with van der Waals surface area (Å²) in [5.41, 5.74) is 2.44. The molecule has 1 heterocycles. The van der Waals surface area contributed by atoms with Crippen LogP contribution in [-0.4, -0.2) is 37.6 Å². The number of ether oxygens (including phenoxy) is 1. The maximum Gasteiger partial charge on any atom is 0.124 e. The number of benzene rings is 2. The Labute approximate surface area is 134 Å². The molecule has 2 aromatic carbocycles. The van der Waals surface area contributed by atoms with Crippen molar-refractivity contribution in [3.05, 3.63) is 53.1 Å². The van der Waals surface area contributed by atoms with E-state index in [4.69, 9.17) is 16.3 Å². The average molecular weight is 317 g/mol. The van der Waals surface area contributed by atoms with Gasteiger partial charge in [0.15, 0.2) is 0 Å². The Kier molecular flexibility index (Phi) is 4.61. The van der Waals surface area contributed by atoms with E-state index in [-0.39, 0.29) is 5.75 Å². The van der Waals surface area contributed by atoms with Crippen molar-refractivity contribution < 1.29 is 9.84 Å². The number of hydrogen-bond acceptors (Lipinski definition) is 4. The van der Waals surface area contributed by atoms with Crippen LogP contribution >= 0.6 is 11.6 Å². The van der Waals surface area contributed by atoms with Crippen molar-refractivity contribution in [2.45, 2.75) is 0 Å². The van der Waals surface area contributed by atoms with Crippen LogP contribution in [0.5, 0.6) is 5.75 Å². The molecule has 22 heavy (non-hydrogen) atoms. The number of anilines is 1. The van der Waals surface area contributed by atoms with E-state index in [0.29, 0.717) is 10.6 Å². The predicted molar refractivity (Wildman–Crippen MR) is 89.8 cm³/mol. The third-order valence-corrected chi connectivity index (χ3v) is 3.88. The fourth-order valence-corrected chi connectivity index (χ4v) is 2.67. The third kappa shape index (κ3) is 3.40. The summed E-state index contributed by atoms with van der Waals surface area (Å²) in [6.45, 7) is 3.15. The number of rotatable bonds is 3. The second-order valence-corrected chi connectivity index (χ2v) is 5.46. The normalized spacial score (nSPS) is 15.4. The first-order valence-corrected chi connectivity index (χ1v) is 7.56. The van der Waals surface area contributed by atoms with E-state index in [2.05, 4.69) is 9.89 Å². The minimum absolute atomic E-state index is 0.210. The van der Waals surface area contributed by atoms with Crippen LogP contribution in [-0.2, 0) is 4.74 Å². The van der Waals surface area contributed by atoms with Crippen molar-refractivity contribution in [3.8, 4) is 5.75 Å². The SMILES string of the molecule is Oc1ccccc1C=Nc1ccc(N2CCOCC2)c(Cl)c1. The first-order chi connectivity index (χ1) is 10.7. The number of morpholine rings is 1. The van der Waals surface area contributed by atoms with Gasteiger partial charge in [0.05, 0.1) is 29.6 Å². The first kappa shape index (κ1) is 14.9. The standard InChI is InChI=1S/C17H17ClN2O2/c18-15-11-14(19-12-13-3-1-2-4-17(13)21)5-6-16(15)20-7-9-22-10-8-20/h1-6,11-12,21H,7-10H2. The fraction of sp³-hybridized carbons (Fsp3) is 0.235. The maximum atomic E-state index is 9.72. The molecule has 0 saturated carbocycles. The molecule has 4 nitrogen and oxygen atoms in total. The quantitative estimate of drug-likeness (QED) is 0.879. The van der Waals surface area contributed by atoms with Crippen molar-refractivity contribution in [1.82, 2.24) is 0 Å². The molecule has 3 rings (SSSR count). The van der Waals surface area contributed by atoms with E-state index < -0.39 is 0 Å². The lowest BCUT2D eigenvalue weighted by Crippen LogP contribution is -2.36. The zero-order chi connectivity index (χ0) is 15.4. The number of halogens is 1. The number of phenols is 1. The number of phenolic OH excluding ortho intramolecular Hbond substituents is 1. The number of para-hydroxylation sites is 1. The topological polar surface area (TPSA) is 45.1 Å². The number of aliphatic imine (C=N–C) groups is 1. The highest BCUT2D eigenvalue weighted by Crippen LogP contribution is 2.30. The Morgan fingerprint density at radius 3 is 2.64 bits per heavy atom. The lowest BCUT2D eigenvalue weighted by atomic mass is 10.2. The second kappa shape index (κ2) is 6.81. The van der Waals surface area contributed by atoms with Gasteiger partial charge in [0.25, 0.3) is 0 Å². The van der Waals surface area contributed by atoms with Gasteiger partial charge in [-0.2, -0.15) is 0 Å². The molecule has 0 radical (unpaired) electrons. The predicted octanol–water partition coefficient (Wildman–Crippen LogP) is 3.63. The van der Waals surface area contributed by atoms with Gasteiger partial charge < -0.3 is 14.7 Å². The van der Waals surface area contributed by atoms with Crippen LogP contribution < -0.4 is 4.90 Å². The van der Waals surface area contributed by atoms with Gasteiger partial charge >= 0.3 is 0 Å². The molecule has 1 aliphatic rings. The summed E-state index contributed by atoms with van der Waals surface area (Å²) in [6, 6.07) is 12.8. The molecule has 5 heteroatoms. The third-order valence-electron chi connectivity index (χ3n) is 3.57. The summed E-state index contributed by atoms with van der Waals surface area (Å²) in [4.78, 5) is 6.58. The van der Waals surface area contributed by atoms with E-state index in [1.165, 1.54) is 0 Å². The summed E-state index contributed by atoms with van der Waals surface area (Å²) >= 11 is 6.37. The fourth-order valence-electron chi connectivity index (χ4n) is 2.38. The molecule has 0 bridgehead atoms. The van der Waals surface area contributed by atoms with Crippen LogP contribution in [0.15, 0.2) is 47.5 Å². The van der Waals surface area contributed by atoms with Gasteiger partial charge in [-0.25, -0.2) is 0 Å². The lowest BCUT2D eigenvalue weighted by Gasteiger charge is -2.29. The molecule has 1 saturated heterocycles. The molecule has 1 N–H and O–H groups in total. The molecule has 2 aromatic rings. The van der Waals surface area contributed by atoms with Gasteiger partial charge in [-0.15, -0.1) is 0 Å². The minimum atomic E-state index is 0.210. The van der Waals surface area contributed by atoms with Crippen molar-refractivity contribution in [3.63, 3.8) is 0 Å². The van der Waals surface area contributed by atoms with Gasteiger partial charge in [-0.1, -0.05) is 23.7 Å². The number of hydrogen-bond donors (Lipinski definition) is 1. The molecule has 0 amide bonds. The van der Waals surface area contributed by atoms with Crippen LogP contribution in [0.1, 0.15) is 5.56 Å². The van der Waals surface area contributed by atoms with Gasteiger partial charge in [0.1, 0.15) is 5.75 Å². The van der Waals surface area contributed by atoms with Crippen LogP contribution in [0.4, 0.5) is 11.4 Å². The first-order valence-electron chi connectivity index (χ1n) is 7.18. The number of aromatic hydroxyl groups is 1. The minimum Gasteiger partial charge on any atom is -0.507 e. The van der Waals surface area contributed by atoms with E-state index in [1.54, 1.807) is 18.3 Å². The molecule has 0 atom stereocenters.